The van der Waals surface area contributed by atoms with Crippen molar-refractivity contribution in [1.82, 2.24) is 15.2 Å². The van der Waals surface area contributed by atoms with Gasteiger partial charge in [-0.15, -0.1) is 0 Å². The third-order valence-corrected chi connectivity index (χ3v) is 7.87. The van der Waals surface area contributed by atoms with Crippen molar-refractivity contribution < 1.29 is 18.7 Å². The summed E-state index contributed by atoms with van der Waals surface area (Å²) in [5.74, 6) is 1.64. The Morgan fingerprint density at radius 2 is 1.94 bits per heavy atom. The number of fused-ring (bicyclic) bond motifs is 2. The van der Waals surface area contributed by atoms with Gasteiger partial charge >= 0.3 is 0 Å². The van der Waals surface area contributed by atoms with E-state index < -0.39 is 5.82 Å². The fourth-order valence-electron chi connectivity index (χ4n) is 5.57. The third-order valence-electron chi connectivity index (χ3n) is 7.87. The second-order valence-corrected chi connectivity index (χ2v) is 10.2. The number of aromatic nitrogens is 1. The molecule has 0 bridgehead atoms. The second-order valence-electron chi connectivity index (χ2n) is 10.2. The Hall–Kier alpha value is -3.39. The molecular weight excluding hydrogens is 459 g/mol. The molecule has 4 heterocycles. The highest BCUT2D eigenvalue weighted by molar-refractivity contribution is 5.96. The molecule has 6 rings (SSSR count). The summed E-state index contributed by atoms with van der Waals surface area (Å²) < 4.78 is 25.9. The molecule has 188 valence electrons. The van der Waals surface area contributed by atoms with Gasteiger partial charge in [0.2, 0.25) is 5.91 Å². The number of anilines is 1. The van der Waals surface area contributed by atoms with Crippen molar-refractivity contribution >= 4 is 22.5 Å². The highest BCUT2D eigenvalue weighted by Gasteiger charge is 2.42. The molecule has 1 amide bonds. The molecule has 1 N–H and O–H groups in total. The summed E-state index contributed by atoms with van der Waals surface area (Å²) in [6.07, 6.45) is 0.986. The van der Waals surface area contributed by atoms with Crippen LogP contribution in [-0.4, -0.2) is 69.3 Å². The van der Waals surface area contributed by atoms with E-state index in [0.717, 1.165) is 60.7 Å². The SMILES string of the molecule is COc1cc2nc(-c3ccc(OCC4CNC4)cc3)cc(N3C[C@@H]4CCN(C)C(=O)[C@@H]4C3)c2cc1F. The molecule has 3 aliphatic heterocycles. The first kappa shape index (κ1) is 23.0. The van der Waals surface area contributed by atoms with E-state index in [9.17, 15) is 9.18 Å². The minimum absolute atomic E-state index is 0.0270. The molecule has 0 radical (unpaired) electrons. The van der Waals surface area contributed by atoms with Crippen LogP contribution in [0.3, 0.4) is 0 Å². The summed E-state index contributed by atoms with van der Waals surface area (Å²) in [6.45, 7) is 4.91. The maximum atomic E-state index is 14.8. The largest absolute Gasteiger partial charge is 0.494 e. The lowest BCUT2D eigenvalue weighted by Gasteiger charge is -2.30. The van der Waals surface area contributed by atoms with E-state index >= 15 is 0 Å². The molecule has 7 nitrogen and oxygen atoms in total. The van der Waals surface area contributed by atoms with Crippen molar-refractivity contribution in [1.29, 1.82) is 0 Å². The van der Waals surface area contributed by atoms with Crippen LogP contribution in [0.4, 0.5) is 10.1 Å². The van der Waals surface area contributed by atoms with Crippen LogP contribution >= 0.6 is 0 Å². The lowest BCUT2D eigenvalue weighted by Crippen LogP contribution is -2.45. The predicted octanol–water partition coefficient (Wildman–Crippen LogP) is 3.56. The predicted molar refractivity (Wildman–Crippen MR) is 137 cm³/mol. The lowest BCUT2D eigenvalue weighted by atomic mass is 9.88. The maximum Gasteiger partial charge on any atom is 0.227 e. The molecule has 2 atom stereocenters. The van der Waals surface area contributed by atoms with Crippen LogP contribution in [0, 0.1) is 23.6 Å². The van der Waals surface area contributed by atoms with Gasteiger partial charge in [0.05, 0.1) is 30.8 Å². The maximum absolute atomic E-state index is 14.8. The topological polar surface area (TPSA) is 66.9 Å². The Morgan fingerprint density at radius 3 is 2.67 bits per heavy atom. The summed E-state index contributed by atoms with van der Waals surface area (Å²) in [7, 11) is 3.33. The number of pyridine rings is 1. The van der Waals surface area contributed by atoms with E-state index in [2.05, 4.69) is 10.2 Å². The Kier molecular flexibility index (Phi) is 5.91. The van der Waals surface area contributed by atoms with E-state index in [1.54, 1.807) is 6.07 Å². The Bertz CT molecular complexity index is 1290. The molecule has 3 aromatic rings. The van der Waals surface area contributed by atoms with E-state index in [-0.39, 0.29) is 17.6 Å². The first-order valence-corrected chi connectivity index (χ1v) is 12.6. The van der Waals surface area contributed by atoms with Gasteiger partial charge < -0.3 is 24.6 Å². The van der Waals surface area contributed by atoms with Crippen molar-refractivity contribution in [3.63, 3.8) is 0 Å². The number of nitrogens with one attached hydrogen (secondary N) is 1. The average Bonchev–Trinajstić information content (AvgIpc) is 3.30. The number of halogens is 1. The first-order chi connectivity index (χ1) is 17.5. The number of carbonyl (C=O) groups is 1. The van der Waals surface area contributed by atoms with E-state index in [4.69, 9.17) is 14.5 Å². The average molecular weight is 491 g/mol. The van der Waals surface area contributed by atoms with E-state index in [1.807, 2.05) is 42.3 Å². The van der Waals surface area contributed by atoms with Gasteiger partial charge in [0.1, 0.15) is 5.75 Å². The number of amides is 1. The van der Waals surface area contributed by atoms with Crippen molar-refractivity contribution in [3.8, 4) is 22.8 Å². The standard InChI is InChI=1S/C28H31FN4O3/c1-32-8-7-19-14-33(15-22(19)28(32)34)26-10-24(31-25-11-27(35-2)23(29)9-21(25)26)18-3-5-20(6-4-18)36-16-17-12-30-13-17/h3-6,9-11,17,19,22,30H,7-8,12-16H2,1-2H3/t19-,22+/m0/s1. The second kappa shape index (κ2) is 9.24. The number of ether oxygens (including phenoxy) is 2. The van der Waals surface area contributed by atoms with Gasteiger partial charge in [0.25, 0.3) is 0 Å². The van der Waals surface area contributed by atoms with Gasteiger partial charge in [-0.05, 0) is 48.7 Å². The van der Waals surface area contributed by atoms with Gasteiger partial charge in [0.15, 0.2) is 11.6 Å². The van der Waals surface area contributed by atoms with Gasteiger partial charge in [-0.2, -0.15) is 0 Å². The van der Waals surface area contributed by atoms with Crippen LogP contribution in [0.5, 0.6) is 11.5 Å². The van der Waals surface area contributed by atoms with Crippen LogP contribution in [-0.2, 0) is 4.79 Å². The zero-order chi connectivity index (χ0) is 24.8. The molecule has 0 aliphatic carbocycles. The van der Waals surface area contributed by atoms with Crippen LogP contribution in [0.15, 0.2) is 42.5 Å². The summed E-state index contributed by atoms with van der Waals surface area (Å²) >= 11 is 0. The molecule has 8 heteroatoms. The van der Waals surface area contributed by atoms with Crippen LogP contribution in [0.2, 0.25) is 0 Å². The number of nitrogens with zero attached hydrogens (tertiary/aromatic N) is 3. The number of rotatable bonds is 6. The smallest absolute Gasteiger partial charge is 0.227 e. The Labute approximate surface area is 210 Å². The normalized spacial score (nSPS) is 22.0. The minimum atomic E-state index is -0.420. The van der Waals surface area contributed by atoms with E-state index in [1.165, 1.54) is 13.2 Å². The monoisotopic (exact) mass is 490 g/mol. The molecule has 0 saturated carbocycles. The van der Waals surface area contributed by atoms with E-state index in [0.29, 0.717) is 30.5 Å². The number of hydrogen-bond acceptors (Lipinski definition) is 6. The first-order valence-electron chi connectivity index (χ1n) is 12.6. The molecule has 1 aromatic heterocycles. The zero-order valence-corrected chi connectivity index (χ0v) is 20.7. The van der Waals surface area contributed by atoms with Crippen molar-refractivity contribution in [2.45, 2.75) is 6.42 Å². The summed E-state index contributed by atoms with van der Waals surface area (Å²) in [6, 6.07) is 13.1. The van der Waals surface area contributed by atoms with Gasteiger partial charge in [0, 0.05) is 68.4 Å². The molecule has 0 unspecified atom stereocenters. The summed E-state index contributed by atoms with van der Waals surface area (Å²) in [4.78, 5) is 21.8. The molecular formula is C28H31FN4O3. The number of benzene rings is 2. The molecule has 0 spiro atoms. The highest BCUT2D eigenvalue weighted by Crippen LogP contribution is 2.40. The van der Waals surface area contributed by atoms with Gasteiger partial charge in [-0.1, -0.05) is 0 Å². The third kappa shape index (κ3) is 4.13. The molecule has 36 heavy (non-hydrogen) atoms. The van der Waals surface area contributed by atoms with Crippen molar-refractivity contribution in [3.05, 3.63) is 48.3 Å². The van der Waals surface area contributed by atoms with Crippen molar-refractivity contribution in [2.75, 3.05) is 58.4 Å². The number of hydrogen-bond donors (Lipinski definition) is 1. The van der Waals surface area contributed by atoms with Crippen molar-refractivity contribution in [2.24, 2.45) is 17.8 Å². The summed E-state index contributed by atoms with van der Waals surface area (Å²) in [5.41, 5.74) is 3.31. The van der Waals surface area contributed by atoms with Gasteiger partial charge in [-0.25, -0.2) is 9.37 Å². The molecule has 2 aromatic carbocycles. The number of methoxy groups -OCH3 is 1. The number of carbonyl (C=O) groups excluding carboxylic acids is 1. The number of piperidine rings is 1. The molecule has 3 aliphatic rings. The van der Waals surface area contributed by atoms with Crippen LogP contribution in [0.25, 0.3) is 22.2 Å². The molecule has 3 saturated heterocycles. The molecule has 3 fully saturated rings. The van der Waals surface area contributed by atoms with Crippen LogP contribution < -0.4 is 19.7 Å². The highest BCUT2D eigenvalue weighted by atomic mass is 19.1. The fourth-order valence-corrected chi connectivity index (χ4v) is 5.57. The Morgan fingerprint density at radius 1 is 1.14 bits per heavy atom. The van der Waals surface area contributed by atoms with Crippen LogP contribution in [0.1, 0.15) is 6.42 Å². The minimum Gasteiger partial charge on any atom is -0.494 e. The summed E-state index contributed by atoms with van der Waals surface area (Å²) in [5, 5.41) is 3.99. The quantitative estimate of drug-likeness (QED) is 0.570. The fraction of sp³-hybridized carbons (Fsp3) is 0.429. The van der Waals surface area contributed by atoms with Gasteiger partial charge in [-0.3, -0.25) is 4.79 Å². The lowest BCUT2D eigenvalue weighted by molar-refractivity contribution is -0.137. The zero-order valence-electron chi connectivity index (χ0n) is 20.7. The Balaban J connectivity index is 1.36. The number of likely N-dealkylation sites (tertiary alicyclic amines) is 1.